The Bertz CT molecular complexity index is 697. The van der Waals surface area contributed by atoms with Gasteiger partial charge in [0, 0.05) is 19.0 Å². The van der Waals surface area contributed by atoms with E-state index in [2.05, 4.69) is 10.3 Å². The van der Waals surface area contributed by atoms with Gasteiger partial charge in [-0.1, -0.05) is 24.3 Å². The van der Waals surface area contributed by atoms with Gasteiger partial charge < -0.3 is 11.1 Å². The summed E-state index contributed by atoms with van der Waals surface area (Å²) in [6.45, 7) is 1.14. The molecule has 0 aliphatic rings. The van der Waals surface area contributed by atoms with E-state index in [1.165, 1.54) is 11.8 Å². The zero-order valence-corrected chi connectivity index (χ0v) is 12.7. The molecule has 112 valence electrons. The van der Waals surface area contributed by atoms with Crippen molar-refractivity contribution in [3.05, 3.63) is 53.7 Å². The van der Waals surface area contributed by atoms with Crippen LogP contribution in [-0.2, 0) is 22.8 Å². The number of hydrogen-bond donors (Lipinski definition) is 2. The van der Waals surface area contributed by atoms with Crippen LogP contribution in [0.3, 0.4) is 0 Å². The lowest BCUT2D eigenvalue weighted by Gasteiger charge is -2.10. The number of rotatable bonds is 6. The third-order valence-electron chi connectivity index (χ3n) is 3.09. The zero-order chi connectivity index (χ0) is 15.3. The quantitative estimate of drug-likeness (QED) is 0.846. The summed E-state index contributed by atoms with van der Waals surface area (Å²) in [5.74, 6) is 0.381. The molecule has 0 bridgehead atoms. The van der Waals surface area contributed by atoms with Gasteiger partial charge in [0.25, 0.3) is 0 Å². The summed E-state index contributed by atoms with van der Waals surface area (Å²) < 4.78 is 23.4. The fraction of sp³-hybridized carbons (Fsp3) is 0.267. The lowest BCUT2D eigenvalue weighted by molar-refractivity contribution is 0.601. The largest absolute Gasteiger partial charge is 0.365 e. The maximum atomic E-state index is 11.7. The molecule has 0 atom stereocenters. The van der Waals surface area contributed by atoms with Gasteiger partial charge in [-0.15, -0.1) is 0 Å². The molecule has 0 amide bonds. The average molecular weight is 305 g/mol. The van der Waals surface area contributed by atoms with Crippen LogP contribution in [0.1, 0.15) is 11.1 Å². The molecule has 0 unspecified atom stereocenters. The molecule has 5 nitrogen and oxygen atoms in total. The summed E-state index contributed by atoms with van der Waals surface area (Å²) in [5.41, 5.74) is 7.76. The minimum Gasteiger partial charge on any atom is -0.365 e. The summed E-state index contributed by atoms with van der Waals surface area (Å²) in [6, 6.07) is 11.2. The van der Waals surface area contributed by atoms with Gasteiger partial charge in [-0.3, -0.25) is 0 Å². The van der Waals surface area contributed by atoms with Crippen LogP contribution in [0.5, 0.6) is 0 Å². The minimum atomic E-state index is -3.29. The van der Waals surface area contributed by atoms with Crippen LogP contribution in [0.25, 0.3) is 0 Å². The van der Waals surface area contributed by atoms with Crippen LogP contribution in [0, 0.1) is 0 Å². The maximum Gasteiger partial charge on any atom is 0.179 e. The van der Waals surface area contributed by atoms with Crippen molar-refractivity contribution in [3.8, 4) is 0 Å². The van der Waals surface area contributed by atoms with E-state index in [4.69, 9.17) is 5.73 Å². The van der Waals surface area contributed by atoms with Gasteiger partial charge >= 0.3 is 0 Å². The number of sulfone groups is 1. The number of benzene rings is 1. The summed E-state index contributed by atoms with van der Waals surface area (Å²) >= 11 is 0. The Hall–Kier alpha value is -1.92. The first-order chi connectivity index (χ1) is 10.0. The number of anilines is 1. The van der Waals surface area contributed by atoms with Crippen molar-refractivity contribution in [2.24, 2.45) is 5.73 Å². The van der Waals surface area contributed by atoms with E-state index in [-0.39, 0.29) is 4.90 Å². The number of pyridine rings is 1. The summed E-state index contributed by atoms with van der Waals surface area (Å²) in [4.78, 5) is 4.31. The van der Waals surface area contributed by atoms with E-state index in [0.717, 1.165) is 12.0 Å². The molecule has 0 spiro atoms. The van der Waals surface area contributed by atoms with Crippen molar-refractivity contribution in [3.63, 3.8) is 0 Å². The number of nitrogens with zero attached hydrogens (tertiary/aromatic N) is 1. The van der Waals surface area contributed by atoms with Gasteiger partial charge in [-0.05, 0) is 36.2 Å². The van der Waals surface area contributed by atoms with Crippen LogP contribution in [0.15, 0.2) is 47.5 Å². The molecule has 1 heterocycles. The number of nitrogens with one attached hydrogen (secondary N) is 1. The van der Waals surface area contributed by atoms with Crippen molar-refractivity contribution >= 4 is 15.7 Å². The van der Waals surface area contributed by atoms with Crippen molar-refractivity contribution in [1.82, 2.24) is 4.98 Å². The van der Waals surface area contributed by atoms with Crippen LogP contribution >= 0.6 is 0 Å². The Balaban J connectivity index is 2.10. The lowest BCUT2D eigenvalue weighted by Crippen LogP contribution is -2.08. The molecule has 21 heavy (non-hydrogen) atoms. The zero-order valence-electron chi connectivity index (χ0n) is 11.9. The SMILES string of the molecule is CS(=O)(=O)c1cccnc1NCc1ccc(CCN)cc1. The molecule has 2 aromatic rings. The highest BCUT2D eigenvalue weighted by atomic mass is 32.2. The lowest BCUT2D eigenvalue weighted by atomic mass is 10.1. The van der Waals surface area contributed by atoms with Crippen molar-refractivity contribution in [2.75, 3.05) is 18.1 Å². The molecule has 0 radical (unpaired) electrons. The average Bonchev–Trinajstić information content (AvgIpc) is 2.46. The molecule has 1 aromatic carbocycles. The maximum absolute atomic E-state index is 11.7. The third-order valence-corrected chi connectivity index (χ3v) is 4.21. The molecule has 0 aliphatic carbocycles. The van der Waals surface area contributed by atoms with Crippen LogP contribution in [0.4, 0.5) is 5.82 Å². The molecular formula is C15H19N3O2S. The molecule has 2 rings (SSSR count). The Labute approximate surface area is 125 Å². The first-order valence-electron chi connectivity index (χ1n) is 6.67. The van der Waals surface area contributed by atoms with E-state index in [0.29, 0.717) is 18.9 Å². The van der Waals surface area contributed by atoms with E-state index >= 15 is 0 Å². The highest BCUT2D eigenvalue weighted by Crippen LogP contribution is 2.18. The molecule has 0 saturated heterocycles. The van der Waals surface area contributed by atoms with Gasteiger partial charge in [-0.2, -0.15) is 0 Å². The Morgan fingerprint density at radius 2 is 1.81 bits per heavy atom. The van der Waals surface area contributed by atoms with E-state index in [1.54, 1.807) is 18.3 Å². The van der Waals surface area contributed by atoms with E-state index in [1.807, 2.05) is 24.3 Å². The normalized spacial score (nSPS) is 11.3. The van der Waals surface area contributed by atoms with Gasteiger partial charge in [-0.25, -0.2) is 13.4 Å². The van der Waals surface area contributed by atoms with Crippen molar-refractivity contribution < 1.29 is 8.42 Å². The second kappa shape index (κ2) is 6.69. The first kappa shape index (κ1) is 15.5. The molecule has 6 heteroatoms. The minimum absolute atomic E-state index is 0.213. The molecule has 0 aliphatic heterocycles. The highest BCUT2D eigenvalue weighted by Gasteiger charge is 2.13. The number of aromatic nitrogens is 1. The highest BCUT2D eigenvalue weighted by molar-refractivity contribution is 7.90. The van der Waals surface area contributed by atoms with Crippen molar-refractivity contribution in [1.29, 1.82) is 0 Å². The Morgan fingerprint density at radius 1 is 1.14 bits per heavy atom. The second-order valence-corrected chi connectivity index (χ2v) is 6.82. The molecule has 0 saturated carbocycles. The van der Waals surface area contributed by atoms with Crippen molar-refractivity contribution in [2.45, 2.75) is 17.9 Å². The van der Waals surface area contributed by atoms with Gasteiger partial charge in [0.2, 0.25) is 0 Å². The van der Waals surface area contributed by atoms with Crippen LogP contribution in [0.2, 0.25) is 0 Å². The molecule has 0 fully saturated rings. The summed E-state index contributed by atoms with van der Waals surface area (Å²) in [7, 11) is -3.29. The van der Waals surface area contributed by atoms with Gasteiger partial charge in [0.05, 0.1) is 0 Å². The fourth-order valence-electron chi connectivity index (χ4n) is 2.00. The van der Waals surface area contributed by atoms with Crippen LogP contribution in [-0.4, -0.2) is 26.2 Å². The second-order valence-electron chi connectivity index (χ2n) is 4.83. The van der Waals surface area contributed by atoms with Gasteiger partial charge in [0.1, 0.15) is 10.7 Å². The predicted octanol–water partition coefficient (Wildman–Crippen LogP) is 1.60. The fourth-order valence-corrected chi connectivity index (χ4v) is 2.80. The van der Waals surface area contributed by atoms with E-state index in [9.17, 15) is 8.42 Å². The van der Waals surface area contributed by atoms with Gasteiger partial charge in [0.15, 0.2) is 9.84 Å². The number of hydrogen-bond acceptors (Lipinski definition) is 5. The Kier molecular flexibility index (Phi) is 4.93. The molecular weight excluding hydrogens is 286 g/mol. The summed E-state index contributed by atoms with van der Waals surface area (Å²) in [6.07, 6.45) is 3.60. The van der Waals surface area contributed by atoms with E-state index < -0.39 is 9.84 Å². The monoisotopic (exact) mass is 305 g/mol. The predicted molar refractivity (Wildman–Crippen MR) is 83.9 cm³/mol. The smallest absolute Gasteiger partial charge is 0.179 e. The molecule has 1 aromatic heterocycles. The third kappa shape index (κ3) is 4.27. The topological polar surface area (TPSA) is 85.1 Å². The Morgan fingerprint density at radius 3 is 2.43 bits per heavy atom. The summed E-state index contributed by atoms with van der Waals surface area (Å²) in [5, 5.41) is 3.07. The number of nitrogens with two attached hydrogens (primary N) is 1. The first-order valence-corrected chi connectivity index (χ1v) is 8.56. The standard InChI is InChI=1S/C15H19N3O2S/c1-21(19,20)14-3-2-10-17-15(14)18-11-13-6-4-12(5-7-13)8-9-16/h2-7,10H,8-9,11,16H2,1H3,(H,17,18). The molecule has 3 N–H and O–H groups in total. The van der Waals surface area contributed by atoms with Crippen LogP contribution < -0.4 is 11.1 Å².